The van der Waals surface area contributed by atoms with Gasteiger partial charge in [-0.25, -0.2) is 5.43 Å². The highest BCUT2D eigenvalue weighted by Crippen LogP contribution is 2.34. The van der Waals surface area contributed by atoms with Crippen LogP contribution in [-0.2, 0) is 12.8 Å². The van der Waals surface area contributed by atoms with Crippen molar-refractivity contribution in [3.8, 4) is 0 Å². The molecule has 0 unspecified atom stereocenters. The number of hydrogen-bond donors (Lipinski definition) is 2. The highest BCUT2D eigenvalue weighted by atomic mass is 16.3. The number of aryl methyl sites for hydroxylation is 1. The van der Waals surface area contributed by atoms with Crippen LogP contribution in [0.4, 0.5) is 0 Å². The minimum atomic E-state index is -0.285. The van der Waals surface area contributed by atoms with Gasteiger partial charge >= 0.3 is 0 Å². The molecule has 1 aliphatic rings. The first-order chi connectivity index (χ1) is 11.4. The van der Waals surface area contributed by atoms with Crippen molar-refractivity contribution in [2.75, 3.05) is 0 Å². The minimum absolute atomic E-state index is 0.285. The molecular formula is C18H24N4O2. The Hall–Kier alpha value is -2.37. The van der Waals surface area contributed by atoms with Crippen molar-refractivity contribution in [3.63, 3.8) is 0 Å². The third-order valence-electron chi connectivity index (χ3n) is 4.27. The zero-order valence-corrected chi connectivity index (χ0v) is 14.4. The molecule has 2 N–H and O–H groups in total. The van der Waals surface area contributed by atoms with Crippen molar-refractivity contribution in [2.45, 2.75) is 46.5 Å². The van der Waals surface area contributed by atoms with Gasteiger partial charge in [0.2, 0.25) is 0 Å². The van der Waals surface area contributed by atoms with Crippen LogP contribution < -0.4 is 5.43 Å². The van der Waals surface area contributed by atoms with Crippen molar-refractivity contribution in [1.82, 2.24) is 15.6 Å². The fourth-order valence-electron chi connectivity index (χ4n) is 3.37. The number of hydrazone groups is 1. The monoisotopic (exact) mass is 328 g/mol. The summed E-state index contributed by atoms with van der Waals surface area (Å²) in [5.41, 5.74) is 5.40. The van der Waals surface area contributed by atoms with Crippen LogP contribution in [0.2, 0.25) is 0 Å². The number of fused-ring (bicyclic) bond motifs is 1. The summed E-state index contributed by atoms with van der Waals surface area (Å²) in [5.74, 6) is 0.893. The van der Waals surface area contributed by atoms with Gasteiger partial charge in [0.15, 0.2) is 5.69 Å². The molecular weight excluding hydrogens is 304 g/mol. The second kappa shape index (κ2) is 6.63. The summed E-state index contributed by atoms with van der Waals surface area (Å²) in [4.78, 5) is 12.4. The van der Waals surface area contributed by atoms with Gasteiger partial charge in [-0.2, -0.15) is 10.2 Å². The molecule has 1 amide bonds. The van der Waals surface area contributed by atoms with Gasteiger partial charge in [-0.1, -0.05) is 20.8 Å². The molecule has 0 aliphatic heterocycles. The van der Waals surface area contributed by atoms with Crippen LogP contribution >= 0.6 is 0 Å². The van der Waals surface area contributed by atoms with Gasteiger partial charge in [0, 0.05) is 11.3 Å². The molecule has 2 aromatic rings. The van der Waals surface area contributed by atoms with Gasteiger partial charge in [0.05, 0.1) is 12.5 Å². The molecule has 0 fully saturated rings. The summed E-state index contributed by atoms with van der Waals surface area (Å²) in [6, 6.07) is 3.53. The number of furan rings is 1. The maximum absolute atomic E-state index is 12.4. The Labute approximate surface area is 141 Å². The number of rotatable bonds is 4. The normalized spacial score (nSPS) is 17.9. The smallest absolute Gasteiger partial charge is 0.292 e. The summed E-state index contributed by atoms with van der Waals surface area (Å²) in [6.07, 6.45) is 7.17. The minimum Gasteiger partial charge on any atom is -0.463 e. The molecule has 24 heavy (non-hydrogen) atoms. The number of carbonyl (C=O) groups is 1. The molecule has 0 bridgehead atoms. The number of aromatic amines is 1. The largest absolute Gasteiger partial charge is 0.463 e. The van der Waals surface area contributed by atoms with Crippen LogP contribution in [0, 0.1) is 11.3 Å². The Kier molecular flexibility index (Phi) is 4.55. The molecule has 6 heteroatoms. The maximum Gasteiger partial charge on any atom is 0.292 e. The van der Waals surface area contributed by atoms with Gasteiger partial charge in [0.25, 0.3) is 5.91 Å². The zero-order chi connectivity index (χ0) is 17.2. The number of aromatic nitrogens is 2. The lowest BCUT2D eigenvalue weighted by Gasteiger charge is -2.28. The Morgan fingerprint density at radius 3 is 3.08 bits per heavy atom. The Morgan fingerprint density at radius 1 is 1.54 bits per heavy atom. The van der Waals surface area contributed by atoms with Gasteiger partial charge in [0.1, 0.15) is 5.76 Å². The van der Waals surface area contributed by atoms with E-state index in [9.17, 15) is 4.79 Å². The van der Waals surface area contributed by atoms with E-state index in [0.717, 1.165) is 36.9 Å². The van der Waals surface area contributed by atoms with Crippen molar-refractivity contribution in [1.29, 1.82) is 0 Å². The fourth-order valence-corrected chi connectivity index (χ4v) is 3.37. The molecule has 1 aliphatic carbocycles. The van der Waals surface area contributed by atoms with E-state index in [1.807, 2.05) is 0 Å². The van der Waals surface area contributed by atoms with E-state index in [4.69, 9.17) is 4.42 Å². The second-order valence-electron chi connectivity index (χ2n) is 7.62. The van der Waals surface area contributed by atoms with E-state index < -0.39 is 0 Å². The fraction of sp³-hybridized carbons (Fsp3) is 0.500. The predicted molar refractivity (Wildman–Crippen MR) is 91.9 cm³/mol. The van der Waals surface area contributed by atoms with Gasteiger partial charge in [-0.05, 0) is 49.1 Å². The van der Waals surface area contributed by atoms with Crippen LogP contribution in [0.3, 0.4) is 0 Å². The molecule has 2 aromatic heterocycles. The van der Waals surface area contributed by atoms with E-state index in [1.165, 1.54) is 6.21 Å². The highest BCUT2D eigenvalue weighted by molar-refractivity contribution is 5.94. The molecule has 6 nitrogen and oxygen atoms in total. The van der Waals surface area contributed by atoms with Gasteiger partial charge in [-0.15, -0.1) is 0 Å². The predicted octanol–water partition coefficient (Wildman–Crippen LogP) is 3.31. The first-order valence-electron chi connectivity index (χ1n) is 8.35. The number of H-pyrrole nitrogens is 1. The number of carbonyl (C=O) groups excluding carboxylic acids is 1. The average Bonchev–Trinajstić information content (AvgIpc) is 3.14. The summed E-state index contributed by atoms with van der Waals surface area (Å²) < 4.78 is 5.13. The third-order valence-corrected chi connectivity index (χ3v) is 4.27. The van der Waals surface area contributed by atoms with Crippen LogP contribution in [0.15, 0.2) is 27.9 Å². The molecule has 0 radical (unpaired) electrons. The molecule has 2 heterocycles. The third kappa shape index (κ3) is 3.93. The second-order valence-corrected chi connectivity index (χ2v) is 7.62. The standard InChI is InChI=1S/C18H24N4O2/c1-18(2,3)10-12-6-7-15-14(9-12)16(21-20-15)17(23)22-19-11-13-5-4-8-24-13/h4-5,8,11-12H,6-7,9-10H2,1-3H3,(H,20,21)(H,22,23)/b19-11-/t12-/m0/s1. The van der Waals surface area contributed by atoms with Crippen molar-refractivity contribution < 1.29 is 9.21 Å². The van der Waals surface area contributed by atoms with E-state index in [-0.39, 0.29) is 5.91 Å². The summed E-state index contributed by atoms with van der Waals surface area (Å²) in [7, 11) is 0. The zero-order valence-electron chi connectivity index (χ0n) is 14.4. The lowest BCUT2D eigenvalue weighted by Crippen LogP contribution is -2.24. The van der Waals surface area contributed by atoms with E-state index >= 15 is 0 Å². The average molecular weight is 328 g/mol. The highest BCUT2D eigenvalue weighted by Gasteiger charge is 2.28. The first kappa shape index (κ1) is 16.5. The number of amides is 1. The summed E-state index contributed by atoms with van der Waals surface area (Å²) in [6.45, 7) is 6.78. The van der Waals surface area contributed by atoms with Crippen LogP contribution in [0.25, 0.3) is 0 Å². The van der Waals surface area contributed by atoms with E-state index in [1.54, 1.807) is 18.4 Å². The molecule has 1 atom stereocenters. The molecule has 0 saturated carbocycles. The van der Waals surface area contributed by atoms with Gasteiger partial charge < -0.3 is 4.42 Å². The molecule has 128 valence electrons. The number of nitrogens with one attached hydrogen (secondary N) is 2. The first-order valence-corrected chi connectivity index (χ1v) is 8.35. The Morgan fingerprint density at radius 2 is 2.38 bits per heavy atom. The molecule has 3 rings (SSSR count). The Balaban J connectivity index is 1.67. The molecule has 0 saturated heterocycles. The lowest BCUT2D eigenvalue weighted by molar-refractivity contribution is 0.0948. The topological polar surface area (TPSA) is 83.3 Å². The van der Waals surface area contributed by atoms with Crippen LogP contribution in [0.1, 0.15) is 61.1 Å². The van der Waals surface area contributed by atoms with E-state index in [2.05, 4.69) is 41.5 Å². The van der Waals surface area contributed by atoms with Gasteiger partial charge in [-0.3, -0.25) is 9.89 Å². The summed E-state index contributed by atoms with van der Waals surface area (Å²) in [5, 5.41) is 11.1. The molecule has 0 spiro atoms. The quantitative estimate of drug-likeness (QED) is 0.667. The SMILES string of the molecule is CC(C)(C)C[C@H]1CCc2[nH]nc(C(=O)N/N=C\c3ccco3)c2C1. The van der Waals surface area contributed by atoms with E-state index in [0.29, 0.717) is 22.8 Å². The van der Waals surface area contributed by atoms with Crippen molar-refractivity contribution in [2.24, 2.45) is 16.4 Å². The lowest BCUT2D eigenvalue weighted by atomic mass is 9.76. The maximum atomic E-state index is 12.4. The van der Waals surface area contributed by atoms with Crippen LogP contribution in [-0.4, -0.2) is 22.3 Å². The van der Waals surface area contributed by atoms with Crippen molar-refractivity contribution in [3.05, 3.63) is 41.1 Å². The number of hydrogen-bond acceptors (Lipinski definition) is 4. The summed E-state index contributed by atoms with van der Waals surface area (Å²) >= 11 is 0. The number of nitrogens with zero attached hydrogens (tertiary/aromatic N) is 2. The Bertz CT molecular complexity index is 723. The van der Waals surface area contributed by atoms with Crippen molar-refractivity contribution >= 4 is 12.1 Å². The van der Waals surface area contributed by atoms with Crippen LogP contribution in [0.5, 0.6) is 0 Å². The molecule has 0 aromatic carbocycles.